The lowest BCUT2D eigenvalue weighted by atomic mass is 9.75. The van der Waals surface area contributed by atoms with Gasteiger partial charge in [-0.1, -0.05) is 46.3 Å². The Balaban J connectivity index is 1.52. The molecule has 1 fully saturated rings. The highest BCUT2D eigenvalue weighted by Gasteiger charge is 2.31. The fourth-order valence-corrected chi connectivity index (χ4v) is 3.40. The fraction of sp³-hybridized carbons (Fsp3) is 0.333. The Kier molecular flexibility index (Phi) is 4.61. The van der Waals surface area contributed by atoms with Crippen molar-refractivity contribution in [3.8, 4) is 5.75 Å². The van der Waals surface area contributed by atoms with Gasteiger partial charge in [-0.25, -0.2) is 0 Å². The first-order valence-electron chi connectivity index (χ1n) is 7.37. The first kappa shape index (κ1) is 14.6. The van der Waals surface area contributed by atoms with Gasteiger partial charge in [0, 0.05) is 17.1 Å². The lowest BCUT2D eigenvalue weighted by molar-refractivity contribution is 0.282. The zero-order chi connectivity index (χ0) is 14.7. The van der Waals surface area contributed by atoms with Crippen molar-refractivity contribution in [3.05, 3.63) is 64.1 Å². The van der Waals surface area contributed by atoms with E-state index in [2.05, 4.69) is 63.7 Å². The maximum Gasteiger partial charge on any atom is 0.122 e. The predicted octanol–water partition coefficient (Wildman–Crippen LogP) is 4.49. The summed E-state index contributed by atoms with van der Waals surface area (Å²) >= 11 is 3.51. The van der Waals surface area contributed by atoms with Gasteiger partial charge in [0.2, 0.25) is 0 Å². The summed E-state index contributed by atoms with van der Waals surface area (Å²) < 4.78 is 6.60. The Morgan fingerprint density at radius 3 is 2.71 bits per heavy atom. The maximum atomic E-state index is 5.45. The van der Waals surface area contributed by atoms with E-state index in [-0.39, 0.29) is 0 Å². The van der Waals surface area contributed by atoms with E-state index in [1.807, 2.05) is 6.07 Å². The van der Waals surface area contributed by atoms with Gasteiger partial charge in [-0.15, -0.1) is 0 Å². The zero-order valence-electron chi connectivity index (χ0n) is 12.2. The molecule has 1 N–H and O–H groups in total. The van der Waals surface area contributed by atoms with Crippen molar-refractivity contribution in [2.45, 2.75) is 31.3 Å². The van der Waals surface area contributed by atoms with Crippen molar-refractivity contribution < 1.29 is 4.74 Å². The van der Waals surface area contributed by atoms with Crippen LogP contribution < -0.4 is 10.1 Å². The van der Waals surface area contributed by atoms with Gasteiger partial charge in [-0.2, -0.15) is 0 Å². The summed E-state index contributed by atoms with van der Waals surface area (Å²) in [5, 5.41) is 3.64. The second-order valence-electron chi connectivity index (χ2n) is 5.62. The van der Waals surface area contributed by atoms with Gasteiger partial charge in [0.05, 0.1) is 7.11 Å². The molecule has 0 unspecified atom stereocenters. The number of hydrogen-bond acceptors (Lipinski definition) is 2. The molecule has 1 aliphatic carbocycles. The highest BCUT2D eigenvalue weighted by molar-refractivity contribution is 9.10. The van der Waals surface area contributed by atoms with Crippen LogP contribution in [0.3, 0.4) is 0 Å². The van der Waals surface area contributed by atoms with Gasteiger partial charge in [0.15, 0.2) is 0 Å². The molecule has 2 nitrogen and oxygen atoms in total. The van der Waals surface area contributed by atoms with E-state index < -0.39 is 0 Å². The topological polar surface area (TPSA) is 21.3 Å². The van der Waals surface area contributed by atoms with Crippen LogP contribution in [0.15, 0.2) is 53.0 Å². The number of halogens is 1. The molecule has 0 saturated heterocycles. The van der Waals surface area contributed by atoms with Gasteiger partial charge in [-0.3, -0.25) is 0 Å². The molecular weight excluding hydrogens is 326 g/mol. The molecule has 3 heteroatoms. The standard InChI is InChI=1S/C18H20BrNO/c1-21-18-8-3-2-7-17(18)14-10-16(11-14)20-12-13-5-4-6-15(19)9-13/h2-9,14,16,20H,10-12H2,1H3. The largest absolute Gasteiger partial charge is 0.496 e. The van der Waals surface area contributed by atoms with Crippen molar-refractivity contribution in [1.82, 2.24) is 5.32 Å². The smallest absolute Gasteiger partial charge is 0.122 e. The maximum absolute atomic E-state index is 5.45. The molecule has 21 heavy (non-hydrogen) atoms. The minimum absolute atomic E-state index is 0.610. The Hall–Kier alpha value is -1.32. The molecule has 2 aromatic carbocycles. The van der Waals surface area contributed by atoms with Crippen molar-refractivity contribution in [2.24, 2.45) is 0 Å². The molecule has 110 valence electrons. The van der Waals surface area contributed by atoms with E-state index in [0.29, 0.717) is 12.0 Å². The third-order valence-electron chi connectivity index (χ3n) is 4.20. The second-order valence-corrected chi connectivity index (χ2v) is 6.53. The van der Waals surface area contributed by atoms with E-state index >= 15 is 0 Å². The first-order chi connectivity index (χ1) is 10.3. The molecule has 1 aliphatic rings. The van der Waals surface area contributed by atoms with Crippen LogP contribution in [0.2, 0.25) is 0 Å². The minimum atomic E-state index is 0.610. The van der Waals surface area contributed by atoms with E-state index in [1.165, 1.54) is 24.0 Å². The Morgan fingerprint density at radius 2 is 1.95 bits per heavy atom. The molecule has 0 atom stereocenters. The number of ether oxygens (including phenoxy) is 1. The minimum Gasteiger partial charge on any atom is -0.496 e. The molecule has 0 amide bonds. The molecule has 0 radical (unpaired) electrons. The Bertz CT molecular complexity index is 608. The predicted molar refractivity (Wildman–Crippen MR) is 89.7 cm³/mol. The third kappa shape index (κ3) is 3.47. The Labute approximate surface area is 134 Å². The second kappa shape index (κ2) is 6.63. The lowest BCUT2D eigenvalue weighted by Crippen LogP contribution is -2.39. The van der Waals surface area contributed by atoms with Crippen LogP contribution in [0.4, 0.5) is 0 Å². The van der Waals surface area contributed by atoms with Gasteiger partial charge in [0.25, 0.3) is 0 Å². The quantitative estimate of drug-likeness (QED) is 0.861. The number of hydrogen-bond donors (Lipinski definition) is 1. The van der Waals surface area contributed by atoms with Gasteiger partial charge < -0.3 is 10.1 Å². The van der Waals surface area contributed by atoms with E-state index in [9.17, 15) is 0 Å². The zero-order valence-corrected chi connectivity index (χ0v) is 13.8. The monoisotopic (exact) mass is 345 g/mol. The summed E-state index contributed by atoms with van der Waals surface area (Å²) in [4.78, 5) is 0. The van der Waals surface area contributed by atoms with Crippen LogP contribution in [-0.2, 0) is 6.54 Å². The summed E-state index contributed by atoms with van der Waals surface area (Å²) in [7, 11) is 1.75. The van der Waals surface area contributed by atoms with Gasteiger partial charge >= 0.3 is 0 Å². The number of nitrogens with one attached hydrogen (secondary N) is 1. The SMILES string of the molecule is COc1ccccc1C1CC(NCc2cccc(Br)c2)C1. The van der Waals surface area contributed by atoms with Crippen LogP contribution in [0.1, 0.15) is 29.9 Å². The summed E-state index contributed by atoms with van der Waals surface area (Å²) in [5.74, 6) is 1.65. The van der Waals surface area contributed by atoms with E-state index in [0.717, 1.165) is 16.8 Å². The molecular formula is C18H20BrNO. The van der Waals surface area contributed by atoms with Crippen molar-refractivity contribution >= 4 is 15.9 Å². The fourth-order valence-electron chi connectivity index (χ4n) is 2.95. The third-order valence-corrected chi connectivity index (χ3v) is 4.69. The molecule has 0 spiro atoms. The molecule has 0 aliphatic heterocycles. The van der Waals surface area contributed by atoms with Gasteiger partial charge in [-0.05, 0) is 48.1 Å². The summed E-state index contributed by atoms with van der Waals surface area (Å²) in [6, 6.07) is 17.5. The number of rotatable bonds is 5. The van der Waals surface area contributed by atoms with Crippen LogP contribution in [0, 0.1) is 0 Å². The number of benzene rings is 2. The first-order valence-corrected chi connectivity index (χ1v) is 8.16. The lowest BCUT2D eigenvalue weighted by Gasteiger charge is -2.37. The summed E-state index contributed by atoms with van der Waals surface area (Å²) in [6.45, 7) is 0.933. The van der Waals surface area contributed by atoms with E-state index in [4.69, 9.17) is 4.74 Å². The molecule has 2 aromatic rings. The normalized spacial score (nSPS) is 20.9. The molecule has 0 aromatic heterocycles. The van der Waals surface area contributed by atoms with Crippen LogP contribution in [0.25, 0.3) is 0 Å². The molecule has 0 bridgehead atoms. The van der Waals surface area contributed by atoms with Crippen LogP contribution in [0.5, 0.6) is 5.75 Å². The summed E-state index contributed by atoms with van der Waals surface area (Å²) in [6.07, 6.45) is 2.38. The van der Waals surface area contributed by atoms with Gasteiger partial charge in [0.1, 0.15) is 5.75 Å². The average molecular weight is 346 g/mol. The molecule has 3 rings (SSSR count). The highest BCUT2D eigenvalue weighted by Crippen LogP contribution is 2.40. The van der Waals surface area contributed by atoms with Crippen molar-refractivity contribution in [1.29, 1.82) is 0 Å². The van der Waals surface area contributed by atoms with Crippen molar-refractivity contribution in [3.63, 3.8) is 0 Å². The van der Waals surface area contributed by atoms with Crippen molar-refractivity contribution in [2.75, 3.05) is 7.11 Å². The molecule has 0 heterocycles. The summed E-state index contributed by atoms with van der Waals surface area (Å²) in [5.41, 5.74) is 2.67. The Morgan fingerprint density at radius 1 is 1.14 bits per heavy atom. The highest BCUT2D eigenvalue weighted by atomic mass is 79.9. The number of para-hydroxylation sites is 1. The molecule has 1 saturated carbocycles. The number of methoxy groups -OCH3 is 1. The average Bonchev–Trinajstić information content (AvgIpc) is 2.46. The van der Waals surface area contributed by atoms with Crippen LogP contribution in [-0.4, -0.2) is 13.2 Å². The van der Waals surface area contributed by atoms with Crippen LogP contribution >= 0.6 is 15.9 Å². The van der Waals surface area contributed by atoms with E-state index in [1.54, 1.807) is 7.11 Å².